The fraction of sp³-hybridized carbons (Fsp3) is 0.714. The Balaban J connectivity index is 2.32. The van der Waals surface area contributed by atoms with Crippen molar-refractivity contribution in [1.29, 1.82) is 0 Å². The van der Waals surface area contributed by atoms with Gasteiger partial charge in [0.15, 0.2) is 0 Å². The third kappa shape index (κ3) is 4.17. The average molecular weight is 233 g/mol. The van der Waals surface area contributed by atoms with Crippen molar-refractivity contribution >= 4 is 22.4 Å². The number of carbonyl (C=O) groups is 2. The van der Waals surface area contributed by atoms with Crippen molar-refractivity contribution < 1.29 is 19.4 Å². The molecule has 1 aliphatic heterocycles. The summed E-state index contributed by atoms with van der Waals surface area (Å²) in [6, 6.07) is -0.589. The molecule has 1 unspecified atom stereocenters. The van der Waals surface area contributed by atoms with Gasteiger partial charge in [-0.05, 0) is 19.3 Å². The fourth-order valence-corrected chi connectivity index (χ4v) is 2.20. The van der Waals surface area contributed by atoms with Gasteiger partial charge >= 0.3 is 12.1 Å². The van der Waals surface area contributed by atoms with Crippen molar-refractivity contribution in [3.05, 3.63) is 0 Å². The zero-order valence-corrected chi connectivity index (χ0v) is 10.5. The molecule has 0 spiro atoms. The molecular weight excluding hydrogens is 218 g/mol. The molecule has 86 valence electrons. The highest BCUT2D eigenvalue weighted by Gasteiger charge is 2.29. The smallest absolute Gasteiger partial charge is 0.423 e. The number of hydrogen-bond donors (Lipinski definition) is 4. The highest BCUT2D eigenvalue weighted by molar-refractivity contribution is 6.15. The van der Waals surface area contributed by atoms with Crippen LogP contribution in [0.3, 0.4) is 0 Å². The molecule has 1 rings (SSSR count). The summed E-state index contributed by atoms with van der Waals surface area (Å²) in [6.07, 6.45) is 1.48. The predicted molar refractivity (Wildman–Crippen MR) is 55.3 cm³/mol. The Morgan fingerprint density at radius 3 is 2.60 bits per heavy atom. The Morgan fingerprint density at radius 1 is 1.33 bits per heavy atom. The Kier molecular flexibility index (Phi) is 3.92. The monoisotopic (exact) mass is 233 g/mol. The van der Waals surface area contributed by atoms with Gasteiger partial charge in [-0.1, -0.05) is 0 Å². The molecule has 0 bridgehead atoms. The Labute approximate surface area is 89.9 Å². The van der Waals surface area contributed by atoms with Gasteiger partial charge in [-0.2, -0.15) is 0 Å². The Hall–Kier alpha value is -1.28. The standard InChI is InChI=1S/C7H15N3O4Si/c11-5(9-10-6(12)13)8-7(15)3-1-2-4-14-7/h10H,1-4H2,15H3,(H,12,13)(H2,8,9,11). The number of amides is 3. The molecule has 0 saturated carbocycles. The molecule has 7 nitrogen and oxygen atoms in total. The Bertz CT molecular complexity index is 255. The van der Waals surface area contributed by atoms with E-state index in [1.54, 1.807) is 5.43 Å². The molecule has 15 heavy (non-hydrogen) atoms. The van der Waals surface area contributed by atoms with Gasteiger partial charge in [0.25, 0.3) is 0 Å². The molecule has 0 radical (unpaired) electrons. The molecule has 0 aromatic heterocycles. The van der Waals surface area contributed by atoms with Crippen molar-refractivity contribution in [3.63, 3.8) is 0 Å². The highest BCUT2D eigenvalue weighted by Crippen LogP contribution is 2.18. The maximum absolute atomic E-state index is 11.2. The quantitative estimate of drug-likeness (QED) is 0.334. The minimum absolute atomic E-state index is 0.567. The van der Waals surface area contributed by atoms with Gasteiger partial charge in [-0.15, -0.1) is 0 Å². The zero-order chi connectivity index (χ0) is 11.3. The summed E-state index contributed by atoms with van der Waals surface area (Å²) in [5.41, 5.74) is 3.76. The lowest BCUT2D eigenvalue weighted by Gasteiger charge is -2.34. The zero-order valence-electron chi connectivity index (χ0n) is 8.50. The lowest BCUT2D eigenvalue weighted by atomic mass is 10.2. The normalized spacial score (nSPS) is 25.6. The van der Waals surface area contributed by atoms with Crippen LogP contribution in [0.2, 0.25) is 0 Å². The number of rotatable bonds is 1. The van der Waals surface area contributed by atoms with E-state index in [0.29, 0.717) is 16.8 Å². The van der Waals surface area contributed by atoms with E-state index < -0.39 is 17.5 Å². The van der Waals surface area contributed by atoms with Gasteiger partial charge in [0, 0.05) is 6.61 Å². The third-order valence-electron chi connectivity index (χ3n) is 2.13. The van der Waals surface area contributed by atoms with Crippen LogP contribution >= 0.6 is 0 Å². The summed E-state index contributed by atoms with van der Waals surface area (Å²) in [5, 5.41) is 10.3. The lowest BCUT2D eigenvalue weighted by Crippen LogP contribution is -2.58. The molecular formula is C7H15N3O4Si. The number of hydrazine groups is 1. The number of urea groups is 1. The van der Waals surface area contributed by atoms with E-state index in [4.69, 9.17) is 9.84 Å². The highest BCUT2D eigenvalue weighted by atomic mass is 28.1. The van der Waals surface area contributed by atoms with Gasteiger partial charge in [0.1, 0.15) is 5.35 Å². The molecule has 1 atom stereocenters. The second kappa shape index (κ2) is 4.98. The van der Waals surface area contributed by atoms with Crippen molar-refractivity contribution in [2.24, 2.45) is 0 Å². The molecule has 1 fully saturated rings. The molecule has 1 heterocycles. The van der Waals surface area contributed by atoms with Crippen LogP contribution < -0.4 is 16.2 Å². The topological polar surface area (TPSA) is 99.7 Å². The second-order valence-electron chi connectivity index (χ2n) is 3.55. The van der Waals surface area contributed by atoms with Gasteiger partial charge < -0.3 is 15.2 Å². The number of carboxylic acid groups (broad SMARTS) is 1. The van der Waals surface area contributed by atoms with Crippen LogP contribution in [0.15, 0.2) is 0 Å². The minimum atomic E-state index is -1.31. The van der Waals surface area contributed by atoms with Crippen LogP contribution in [-0.4, -0.2) is 39.4 Å². The molecule has 0 aromatic rings. The third-order valence-corrected chi connectivity index (χ3v) is 3.17. The van der Waals surface area contributed by atoms with Gasteiger partial charge in [-0.25, -0.2) is 20.4 Å². The minimum Gasteiger partial charge on any atom is -0.464 e. The van der Waals surface area contributed by atoms with Crippen LogP contribution in [0.5, 0.6) is 0 Å². The maximum atomic E-state index is 11.2. The van der Waals surface area contributed by atoms with Crippen LogP contribution in [0, 0.1) is 0 Å². The number of hydrogen-bond acceptors (Lipinski definition) is 3. The fourth-order valence-electron chi connectivity index (χ4n) is 1.41. The van der Waals surface area contributed by atoms with Crippen molar-refractivity contribution in [3.8, 4) is 0 Å². The first-order valence-electron chi connectivity index (χ1n) is 4.73. The van der Waals surface area contributed by atoms with Gasteiger partial charge in [0.05, 0.1) is 10.2 Å². The molecule has 1 saturated heterocycles. The van der Waals surface area contributed by atoms with E-state index in [1.807, 2.05) is 5.43 Å². The molecule has 4 N–H and O–H groups in total. The predicted octanol–water partition coefficient (Wildman–Crippen LogP) is -1.31. The van der Waals surface area contributed by atoms with Gasteiger partial charge in [-0.3, -0.25) is 0 Å². The van der Waals surface area contributed by atoms with E-state index in [-0.39, 0.29) is 0 Å². The second-order valence-corrected chi connectivity index (χ2v) is 5.16. The number of carbonyl (C=O) groups excluding carboxylic acids is 1. The average Bonchev–Trinajstić information content (AvgIpc) is 2.15. The largest absolute Gasteiger partial charge is 0.464 e. The molecule has 3 amide bonds. The van der Waals surface area contributed by atoms with Crippen LogP contribution in [0.1, 0.15) is 19.3 Å². The number of ether oxygens (including phenoxy) is 1. The summed E-state index contributed by atoms with van der Waals surface area (Å²) in [6.45, 7) is 0.635. The molecule has 1 aliphatic rings. The van der Waals surface area contributed by atoms with E-state index >= 15 is 0 Å². The summed E-state index contributed by atoms with van der Waals surface area (Å²) in [7, 11) is 0.662. The first-order valence-corrected chi connectivity index (χ1v) is 5.73. The first kappa shape index (κ1) is 11.8. The van der Waals surface area contributed by atoms with Crippen LogP contribution in [0.25, 0.3) is 0 Å². The van der Waals surface area contributed by atoms with E-state index in [9.17, 15) is 9.59 Å². The van der Waals surface area contributed by atoms with Crippen LogP contribution in [0.4, 0.5) is 9.59 Å². The SMILES string of the molecule is O=C(O)NNC(=O)NC1([SiH3])CCCCO1. The summed E-state index contributed by atoms with van der Waals surface area (Å²) >= 11 is 0. The summed E-state index contributed by atoms with van der Waals surface area (Å²) < 4.78 is 5.46. The van der Waals surface area contributed by atoms with Gasteiger partial charge in [0.2, 0.25) is 0 Å². The summed E-state index contributed by atoms with van der Waals surface area (Å²) in [5.74, 6) is 0. The Morgan fingerprint density at radius 2 is 2.07 bits per heavy atom. The lowest BCUT2D eigenvalue weighted by molar-refractivity contribution is -0.0318. The number of nitrogens with one attached hydrogen (secondary N) is 3. The molecule has 0 aromatic carbocycles. The van der Waals surface area contributed by atoms with Crippen molar-refractivity contribution in [1.82, 2.24) is 16.2 Å². The maximum Gasteiger partial charge on any atom is 0.423 e. The van der Waals surface area contributed by atoms with E-state index in [2.05, 4.69) is 5.32 Å². The van der Waals surface area contributed by atoms with Crippen LogP contribution in [-0.2, 0) is 4.74 Å². The van der Waals surface area contributed by atoms with Crippen molar-refractivity contribution in [2.45, 2.75) is 24.6 Å². The first-order chi connectivity index (χ1) is 7.02. The summed E-state index contributed by atoms with van der Waals surface area (Å²) in [4.78, 5) is 21.3. The van der Waals surface area contributed by atoms with E-state index in [1.165, 1.54) is 0 Å². The van der Waals surface area contributed by atoms with Crippen molar-refractivity contribution in [2.75, 3.05) is 6.61 Å². The molecule has 0 aliphatic carbocycles. The van der Waals surface area contributed by atoms with E-state index in [0.717, 1.165) is 19.3 Å². The molecule has 8 heteroatoms.